The summed E-state index contributed by atoms with van der Waals surface area (Å²) < 4.78 is 16.6. The first-order valence-electron chi connectivity index (χ1n) is 7.97. The number of methoxy groups -OCH3 is 1. The molecule has 0 unspecified atom stereocenters. The molecule has 1 heterocycles. The number of benzene rings is 2. The van der Waals surface area contributed by atoms with Crippen molar-refractivity contribution >= 4 is 32.9 Å². The summed E-state index contributed by atoms with van der Waals surface area (Å²) in [6.07, 6.45) is 0.127. The molecule has 0 saturated heterocycles. The highest BCUT2D eigenvalue weighted by Crippen LogP contribution is 2.23. The molecule has 134 valence electrons. The lowest BCUT2D eigenvalue weighted by molar-refractivity contribution is -0.144. The molecule has 2 aromatic carbocycles. The zero-order valence-electron chi connectivity index (χ0n) is 14.4. The van der Waals surface area contributed by atoms with Gasteiger partial charge in [0, 0.05) is 21.5 Å². The highest BCUT2D eigenvalue weighted by Gasteiger charge is 2.11. The van der Waals surface area contributed by atoms with Gasteiger partial charge in [-0.1, -0.05) is 28.1 Å². The average Bonchev–Trinajstić information content (AvgIpc) is 2.60. The van der Waals surface area contributed by atoms with Gasteiger partial charge in [-0.05, 0) is 42.3 Å². The predicted octanol–water partition coefficient (Wildman–Crippen LogP) is 4.16. The van der Waals surface area contributed by atoms with Crippen molar-refractivity contribution < 1.29 is 18.7 Å². The molecular formula is C20H17BrO5. The van der Waals surface area contributed by atoms with Gasteiger partial charge in [0.15, 0.2) is 0 Å². The Labute approximate surface area is 158 Å². The minimum atomic E-state index is -0.482. The minimum Gasteiger partial charge on any atom is -0.496 e. The Balaban J connectivity index is 1.74. The fourth-order valence-electron chi connectivity index (χ4n) is 2.67. The normalized spacial score (nSPS) is 10.7. The Bertz CT molecular complexity index is 1020. The molecule has 0 bridgehead atoms. The maximum absolute atomic E-state index is 12.2. The molecule has 0 N–H and O–H groups in total. The van der Waals surface area contributed by atoms with Gasteiger partial charge in [0.25, 0.3) is 0 Å². The Morgan fingerprint density at radius 2 is 1.96 bits per heavy atom. The van der Waals surface area contributed by atoms with Crippen molar-refractivity contribution in [2.45, 2.75) is 20.0 Å². The van der Waals surface area contributed by atoms with Gasteiger partial charge in [0.2, 0.25) is 0 Å². The number of rotatable bonds is 5. The van der Waals surface area contributed by atoms with E-state index < -0.39 is 5.63 Å². The van der Waals surface area contributed by atoms with Crippen LogP contribution in [0.15, 0.2) is 56.1 Å². The standard InChI is InChI=1S/C20H17BrO5/c1-12-3-4-13(7-17(12)24-2)8-19(22)25-11-14-9-20(23)26-18-10-15(21)5-6-16(14)18/h3-7,9-10H,8,11H2,1-2H3. The monoisotopic (exact) mass is 416 g/mol. The molecule has 0 atom stereocenters. The Morgan fingerprint density at radius 1 is 1.15 bits per heavy atom. The Kier molecular flexibility index (Phi) is 5.42. The molecule has 0 radical (unpaired) electrons. The van der Waals surface area contributed by atoms with E-state index in [1.54, 1.807) is 13.2 Å². The lowest BCUT2D eigenvalue weighted by Crippen LogP contribution is -2.10. The second kappa shape index (κ2) is 7.74. The second-order valence-corrected chi connectivity index (χ2v) is 6.79. The molecule has 0 aliphatic rings. The zero-order chi connectivity index (χ0) is 18.7. The summed E-state index contributed by atoms with van der Waals surface area (Å²) in [5.74, 6) is 0.349. The van der Waals surface area contributed by atoms with Crippen LogP contribution in [-0.4, -0.2) is 13.1 Å². The molecule has 0 aliphatic carbocycles. The van der Waals surface area contributed by atoms with Crippen LogP contribution in [0.2, 0.25) is 0 Å². The molecule has 0 amide bonds. The molecule has 0 fully saturated rings. The number of aryl methyl sites for hydroxylation is 1. The molecule has 0 saturated carbocycles. The summed E-state index contributed by atoms with van der Waals surface area (Å²) in [7, 11) is 1.59. The number of esters is 1. The van der Waals surface area contributed by atoms with Crippen LogP contribution in [0.4, 0.5) is 0 Å². The van der Waals surface area contributed by atoms with Gasteiger partial charge in [-0.25, -0.2) is 4.79 Å². The molecule has 3 rings (SSSR count). The van der Waals surface area contributed by atoms with Crippen molar-refractivity contribution in [3.8, 4) is 5.75 Å². The molecular weight excluding hydrogens is 400 g/mol. The second-order valence-electron chi connectivity index (χ2n) is 5.87. The molecule has 0 spiro atoms. The lowest BCUT2D eigenvalue weighted by atomic mass is 10.1. The van der Waals surface area contributed by atoms with Crippen LogP contribution in [0, 0.1) is 6.92 Å². The topological polar surface area (TPSA) is 65.7 Å². The fourth-order valence-corrected chi connectivity index (χ4v) is 3.01. The summed E-state index contributed by atoms with van der Waals surface area (Å²) >= 11 is 3.34. The predicted molar refractivity (Wildman–Crippen MR) is 101 cm³/mol. The zero-order valence-corrected chi connectivity index (χ0v) is 16.0. The van der Waals surface area contributed by atoms with Crippen molar-refractivity contribution in [1.82, 2.24) is 0 Å². The first-order valence-corrected chi connectivity index (χ1v) is 8.77. The summed E-state index contributed by atoms with van der Waals surface area (Å²) in [5, 5.41) is 0.734. The third-order valence-corrected chi connectivity index (χ3v) is 4.50. The summed E-state index contributed by atoms with van der Waals surface area (Å²) in [5.41, 5.74) is 2.38. The van der Waals surface area contributed by atoms with E-state index in [1.165, 1.54) is 6.07 Å². The molecule has 0 aliphatic heterocycles. The van der Waals surface area contributed by atoms with Gasteiger partial charge >= 0.3 is 11.6 Å². The van der Waals surface area contributed by atoms with E-state index >= 15 is 0 Å². The van der Waals surface area contributed by atoms with Crippen molar-refractivity contribution in [3.05, 3.63) is 74.0 Å². The number of ether oxygens (including phenoxy) is 2. The largest absolute Gasteiger partial charge is 0.496 e. The number of carbonyl (C=O) groups excluding carboxylic acids is 1. The molecule has 6 heteroatoms. The smallest absolute Gasteiger partial charge is 0.336 e. The fraction of sp³-hybridized carbons (Fsp3) is 0.200. The molecule has 3 aromatic rings. The van der Waals surface area contributed by atoms with Crippen molar-refractivity contribution in [2.24, 2.45) is 0 Å². The quantitative estimate of drug-likeness (QED) is 0.461. The van der Waals surface area contributed by atoms with Crippen LogP contribution in [0.25, 0.3) is 11.0 Å². The maximum atomic E-state index is 12.2. The Hall–Kier alpha value is -2.60. The number of halogens is 1. The van der Waals surface area contributed by atoms with Crippen LogP contribution in [0.1, 0.15) is 16.7 Å². The summed E-state index contributed by atoms with van der Waals surface area (Å²) in [6, 6.07) is 12.3. The number of fused-ring (bicyclic) bond motifs is 1. The molecule has 1 aromatic heterocycles. The van der Waals surface area contributed by atoms with Gasteiger partial charge in [0.05, 0.1) is 13.5 Å². The molecule has 26 heavy (non-hydrogen) atoms. The van der Waals surface area contributed by atoms with E-state index in [9.17, 15) is 9.59 Å². The van der Waals surface area contributed by atoms with E-state index in [2.05, 4.69) is 15.9 Å². The van der Waals surface area contributed by atoms with Gasteiger partial charge in [-0.3, -0.25) is 4.79 Å². The average molecular weight is 417 g/mol. The lowest BCUT2D eigenvalue weighted by Gasteiger charge is -2.09. The van der Waals surface area contributed by atoms with E-state index in [0.29, 0.717) is 11.1 Å². The first kappa shape index (κ1) is 18.2. The van der Waals surface area contributed by atoms with Crippen LogP contribution >= 0.6 is 15.9 Å². The third kappa shape index (κ3) is 4.14. The summed E-state index contributed by atoms with van der Waals surface area (Å²) in [4.78, 5) is 23.9. The molecule has 5 nitrogen and oxygen atoms in total. The minimum absolute atomic E-state index is 0.00552. The van der Waals surface area contributed by atoms with Gasteiger partial charge in [0.1, 0.15) is 17.9 Å². The van der Waals surface area contributed by atoms with E-state index in [1.807, 2.05) is 37.3 Å². The van der Waals surface area contributed by atoms with Gasteiger partial charge < -0.3 is 13.9 Å². The van der Waals surface area contributed by atoms with Crippen molar-refractivity contribution in [2.75, 3.05) is 7.11 Å². The van der Waals surface area contributed by atoms with Crippen LogP contribution in [0.3, 0.4) is 0 Å². The maximum Gasteiger partial charge on any atom is 0.336 e. The van der Waals surface area contributed by atoms with Gasteiger partial charge in [-0.15, -0.1) is 0 Å². The highest BCUT2D eigenvalue weighted by atomic mass is 79.9. The van der Waals surface area contributed by atoms with E-state index in [4.69, 9.17) is 13.9 Å². The third-order valence-electron chi connectivity index (χ3n) is 4.00. The number of carbonyl (C=O) groups is 1. The van der Waals surface area contributed by atoms with Crippen LogP contribution in [0.5, 0.6) is 5.75 Å². The Morgan fingerprint density at radius 3 is 2.73 bits per heavy atom. The van der Waals surface area contributed by atoms with E-state index in [0.717, 1.165) is 26.7 Å². The van der Waals surface area contributed by atoms with Gasteiger partial charge in [-0.2, -0.15) is 0 Å². The SMILES string of the molecule is COc1cc(CC(=O)OCc2cc(=O)oc3cc(Br)ccc23)ccc1C. The van der Waals surface area contributed by atoms with E-state index in [-0.39, 0.29) is 19.0 Å². The van der Waals surface area contributed by atoms with Crippen molar-refractivity contribution in [3.63, 3.8) is 0 Å². The highest BCUT2D eigenvalue weighted by molar-refractivity contribution is 9.10. The van der Waals surface area contributed by atoms with Crippen LogP contribution < -0.4 is 10.4 Å². The number of hydrogen-bond acceptors (Lipinski definition) is 5. The van der Waals surface area contributed by atoms with Crippen molar-refractivity contribution in [1.29, 1.82) is 0 Å². The first-order chi connectivity index (χ1) is 12.5. The van der Waals surface area contributed by atoms with Crippen LogP contribution in [-0.2, 0) is 22.6 Å². The number of hydrogen-bond donors (Lipinski definition) is 0. The summed E-state index contributed by atoms with van der Waals surface area (Å²) in [6.45, 7) is 1.94.